The summed E-state index contributed by atoms with van der Waals surface area (Å²) in [7, 11) is 6.07. The van der Waals surface area contributed by atoms with Crippen LogP contribution in [0.3, 0.4) is 0 Å². The summed E-state index contributed by atoms with van der Waals surface area (Å²) >= 11 is 5.07. The van der Waals surface area contributed by atoms with Gasteiger partial charge in [0.05, 0.1) is 23.1 Å². The van der Waals surface area contributed by atoms with Crippen molar-refractivity contribution in [1.82, 2.24) is 0 Å². The van der Waals surface area contributed by atoms with Crippen molar-refractivity contribution < 1.29 is 27.0 Å². The first-order valence-electron chi connectivity index (χ1n) is 14.2. The number of rotatable bonds is 5. The van der Waals surface area contributed by atoms with Gasteiger partial charge in [-0.2, -0.15) is 17.6 Å². The molecule has 0 fully saturated rings. The Bertz CT molecular complexity index is 2220. The number of thioether (sulfide) groups is 1. The number of thiazole rings is 2. The number of aromatic nitrogens is 2. The summed E-state index contributed by atoms with van der Waals surface area (Å²) in [6.45, 7) is 1.71. The topological polar surface area (TPSA) is 69.8 Å². The van der Waals surface area contributed by atoms with E-state index >= 15 is 0 Å². The quantitative estimate of drug-likeness (QED) is 0.184. The zero-order chi connectivity index (χ0) is 31.1. The van der Waals surface area contributed by atoms with Crippen LogP contribution in [0.2, 0.25) is 0 Å². The molecule has 0 spiro atoms. The lowest BCUT2D eigenvalue weighted by atomic mass is 10.1. The molecule has 2 unspecified atom stereocenters. The Balaban J connectivity index is 1.25. The highest BCUT2D eigenvalue weighted by Gasteiger charge is 2.35. The lowest BCUT2D eigenvalue weighted by molar-refractivity contribution is -0.825. The van der Waals surface area contributed by atoms with Crippen molar-refractivity contribution in [3.05, 3.63) is 83.9 Å². The summed E-state index contributed by atoms with van der Waals surface area (Å²) in [6.07, 6.45) is 0. The maximum atomic E-state index is 12.2. The third kappa shape index (κ3) is 4.74. The van der Waals surface area contributed by atoms with E-state index < -0.39 is 10.1 Å². The van der Waals surface area contributed by atoms with Crippen LogP contribution in [-0.4, -0.2) is 34.1 Å². The van der Waals surface area contributed by atoms with Crippen molar-refractivity contribution in [3.63, 3.8) is 0 Å². The van der Waals surface area contributed by atoms with Crippen molar-refractivity contribution in [1.29, 1.82) is 0 Å². The highest BCUT2D eigenvalue weighted by atomic mass is 32.2. The van der Waals surface area contributed by atoms with Gasteiger partial charge < -0.3 is 4.90 Å². The number of hydrogen-bond acceptors (Lipinski definition) is 6. The van der Waals surface area contributed by atoms with Gasteiger partial charge in [0.2, 0.25) is 11.0 Å². The molecule has 0 amide bonds. The van der Waals surface area contributed by atoms with E-state index in [1.165, 1.54) is 48.6 Å². The van der Waals surface area contributed by atoms with Crippen LogP contribution in [-0.2, 0) is 24.2 Å². The number of quaternary nitrogens is 1. The van der Waals surface area contributed by atoms with E-state index in [0.717, 1.165) is 26.3 Å². The maximum Gasteiger partial charge on any atom is 0.296 e. The van der Waals surface area contributed by atoms with Gasteiger partial charge >= 0.3 is 0 Å². The molecule has 0 saturated carbocycles. The Hall–Kier alpha value is -3.32. The van der Waals surface area contributed by atoms with Crippen molar-refractivity contribution in [3.8, 4) is 21.1 Å². The summed E-state index contributed by atoms with van der Waals surface area (Å²) in [5, 5.41) is 2.42. The first kappa shape index (κ1) is 29.4. The molecule has 11 heteroatoms. The van der Waals surface area contributed by atoms with Gasteiger partial charge in [-0.15, -0.1) is 0 Å². The molecule has 0 saturated heterocycles. The highest BCUT2D eigenvalue weighted by Crippen LogP contribution is 2.44. The van der Waals surface area contributed by atoms with Crippen LogP contribution in [0, 0.1) is 6.92 Å². The van der Waals surface area contributed by atoms with E-state index in [0.29, 0.717) is 15.6 Å². The number of anilines is 1. The summed E-state index contributed by atoms with van der Waals surface area (Å²) < 4.78 is 40.4. The fraction of sp³-hybridized carbons (Fsp3) is 0.212. The normalized spacial score (nSPS) is 16.6. The Morgan fingerprint density at radius 3 is 2.18 bits per heavy atom. The average molecular weight is 662 g/mol. The van der Waals surface area contributed by atoms with Crippen LogP contribution in [0.15, 0.2) is 82.6 Å². The molecule has 224 valence electrons. The molecular formula is C33H33N4O3S4+3. The van der Waals surface area contributed by atoms with Gasteiger partial charge in [-0.25, -0.2) is 0 Å². The predicted molar refractivity (Wildman–Crippen MR) is 181 cm³/mol. The molecule has 0 radical (unpaired) electrons. The van der Waals surface area contributed by atoms with Crippen molar-refractivity contribution >= 4 is 76.4 Å². The molecule has 2 N–H and O–H groups in total. The molecule has 6 aromatic rings. The standard InChI is InChI=1S/C33H31N4O3S4/c1-19-7-14-26-29(30(19)44(38,39)40)43-33(37(26)6)22-11-16-25-28(18-22)42-32(36(25)5)21-10-15-24-27(17-21)41-31(35(24)4)20-8-12-23(13-9-20)34(2)3/h7-18,31H,1-6H3/q+1/p+2. The Morgan fingerprint density at radius 2 is 1.48 bits per heavy atom. The largest absolute Gasteiger partial charge is 0.378 e. The minimum Gasteiger partial charge on any atom is -0.378 e. The lowest BCUT2D eigenvalue weighted by Gasteiger charge is -2.18. The number of hydrogen-bond donors (Lipinski definition) is 2. The van der Waals surface area contributed by atoms with Crippen LogP contribution < -0.4 is 18.9 Å². The molecule has 7 nitrogen and oxygen atoms in total. The summed E-state index contributed by atoms with van der Waals surface area (Å²) in [5.41, 5.74) is 8.50. The molecule has 0 aliphatic carbocycles. The van der Waals surface area contributed by atoms with E-state index in [4.69, 9.17) is 0 Å². The van der Waals surface area contributed by atoms with E-state index in [-0.39, 0.29) is 4.90 Å². The number of benzene rings is 4. The van der Waals surface area contributed by atoms with Crippen LogP contribution in [0.25, 0.3) is 41.6 Å². The van der Waals surface area contributed by atoms with E-state index in [2.05, 4.69) is 98.3 Å². The van der Waals surface area contributed by atoms with Gasteiger partial charge in [0.15, 0.2) is 5.37 Å². The van der Waals surface area contributed by atoms with Crippen molar-refractivity contribution in [2.75, 3.05) is 26.0 Å². The van der Waals surface area contributed by atoms with Gasteiger partial charge in [0, 0.05) is 43.5 Å². The number of nitrogens with zero attached hydrogens (tertiary/aromatic N) is 3. The predicted octanol–water partition coefficient (Wildman–Crippen LogP) is 5.67. The van der Waals surface area contributed by atoms with Gasteiger partial charge in [-0.1, -0.05) is 52.6 Å². The maximum absolute atomic E-state index is 12.2. The minimum atomic E-state index is -4.35. The second kappa shape index (κ2) is 10.6. The zero-order valence-corrected chi connectivity index (χ0v) is 28.5. The van der Waals surface area contributed by atoms with Gasteiger partial charge in [-0.05, 0) is 48.9 Å². The van der Waals surface area contributed by atoms with Crippen LogP contribution in [0.5, 0.6) is 0 Å². The summed E-state index contributed by atoms with van der Waals surface area (Å²) in [5.74, 6) is 0. The van der Waals surface area contributed by atoms with Crippen LogP contribution in [0.1, 0.15) is 16.5 Å². The smallest absolute Gasteiger partial charge is 0.296 e. The van der Waals surface area contributed by atoms with E-state index in [1.807, 2.05) is 29.4 Å². The van der Waals surface area contributed by atoms with Gasteiger partial charge in [0.25, 0.3) is 20.1 Å². The molecular weight excluding hydrogens is 629 g/mol. The van der Waals surface area contributed by atoms with Gasteiger partial charge in [-0.3, -0.25) is 9.45 Å². The fourth-order valence-corrected chi connectivity index (χ4v) is 11.2. The molecule has 44 heavy (non-hydrogen) atoms. The molecule has 7 rings (SSSR count). The Kier molecular flexibility index (Phi) is 7.11. The number of nitrogens with one attached hydrogen (secondary N) is 1. The monoisotopic (exact) mass is 661 g/mol. The van der Waals surface area contributed by atoms with Crippen LogP contribution >= 0.6 is 34.4 Å². The molecule has 1 aliphatic rings. The third-order valence-corrected chi connectivity index (χ3v) is 13.7. The zero-order valence-electron chi connectivity index (χ0n) is 25.2. The highest BCUT2D eigenvalue weighted by molar-refractivity contribution is 7.99. The molecule has 2 atom stereocenters. The van der Waals surface area contributed by atoms with Crippen LogP contribution in [0.4, 0.5) is 11.4 Å². The second-order valence-electron chi connectivity index (χ2n) is 11.5. The molecule has 1 aliphatic heterocycles. The summed E-state index contributed by atoms with van der Waals surface area (Å²) in [6, 6.07) is 25.8. The second-order valence-corrected chi connectivity index (χ2v) is 16.1. The lowest BCUT2D eigenvalue weighted by Crippen LogP contribution is -3.02. The molecule has 0 bridgehead atoms. The number of fused-ring (bicyclic) bond motifs is 3. The molecule has 4 aromatic carbocycles. The third-order valence-electron chi connectivity index (χ3n) is 8.49. The van der Waals surface area contributed by atoms with Gasteiger partial charge in [0.1, 0.15) is 34.1 Å². The average Bonchev–Trinajstić information content (AvgIpc) is 3.62. The first-order valence-corrected chi connectivity index (χ1v) is 18.1. The minimum absolute atomic E-state index is 0.0116. The molecule has 3 heterocycles. The van der Waals surface area contributed by atoms with E-state index in [1.54, 1.807) is 24.3 Å². The van der Waals surface area contributed by atoms with Crippen molar-refractivity contribution in [2.24, 2.45) is 14.1 Å². The Labute approximate surface area is 269 Å². The van der Waals surface area contributed by atoms with Crippen molar-refractivity contribution in [2.45, 2.75) is 22.1 Å². The Morgan fingerprint density at radius 1 is 0.841 bits per heavy atom. The van der Waals surface area contributed by atoms with E-state index in [9.17, 15) is 13.0 Å². The fourth-order valence-electron chi connectivity index (χ4n) is 6.10. The number of aryl methyl sites for hydroxylation is 3. The first-order chi connectivity index (χ1) is 20.9. The summed E-state index contributed by atoms with van der Waals surface area (Å²) in [4.78, 5) is 4.81. The molecule has 2 aromatic heterocycles. The SMILES string of the molecule is Cc1ccc2c(sc(-c3ccc4c(c3)sc(-c3ccc5c(c3)SC(c3ccc(N(C)C)cc3)[NH+]5C)[n+]4C)[n+]2C)c1S(=O)(=O)O.